The van der Waals surface area contributed by atoms with Crippen LogP contribution in [0.1, 0.15) is 21.5 Å². The highest BCUT2D eigenvalue weighted by molar-refractivity contribution is 6.33. The van der Waals surface area contributed by atoms with Gasteiger partial charge in [-0.05, 0) is 86.8 Å². The molecule has 0 aliphatic rings. The average Bonchev–Trinajstić information content (AvgIpc) is 2.89. The van der Waals surface area contributed by atoms with Gasteiger partial charge in [-0.1, -0.05) is 89.9 Å². The smallest absolute Gasteiger partial charge is 0.194 e. The monoisotopic (exact) mass is 490 g/mol. The Labute approximate surface area is 213 Å². The fraction of sp³-hybridized carbons (Fsp3) is 0.0312. The maximum absolute atomic E-state index is 14.2. The second-order valence-corrected chi connectivity index (χ2v) is 9.67. The van der Waals surface area contributed by atoms with Crippen molar-refractivity contribution in [1.82, 2.24) is 0 Å². The molecule has 0 aliphatic heterocycles. The maximum atomic E-state index is 14.2. The molecule has 0 aliphatic carbocycles. The second-order valence-electron chi connectivity index (χ2n) is 8.80. The van der Waals surface area contributed by atoms with E-state index in [9.17, 15) is 4.79 Å². The van der Waals surface area contributed by atoms with E-state index < -0.39 is 0 Å². The number of carbonyl (C=O) groups is 1. The van der Waals surface area contributed by atoms with Crippen LogP contribution in [0, 0.1) is 6.92 Å². The van der Waals surface area contributed by atoms with Crippen LogP contribution in [-0.4, -0.2) is 5.78 Å². The van der Waals surface area contributed by atoms with E-state index in [1.807, 2.05) is 42.5 Å². The van der Waals surface area contributed by atoms with E-state index in [1.54, 1.807) is 24.3 Å². The van der Waals surface area contributed by atoms with E-state index in [4.69, 9.17) is 23.2 Å². The minimum Gasteiger partial charge on any atom is -0.289 e. The topological polar surface area (TPSA) is 17.1 Å². The number of fused-ring (bicyclic) bond motifs is 5. The van der Waals surface area contributed by atoms with Crippen molar-refractivity contribution in [3.05, 3.63) is 130 Å². The first-order valence-corrected chi connectivity index (χ1v) is 12.2. The summed E-state index contributed by atoms with van der Waals surface area (Å²) >= 11 is 12.4. The summed E-state index contributed by atoms with van der Waals surface area (Å²) in [7, 11) is 0. The van der Waals surface area contributed by atoms with Crippen LogP contribution < -0.4 is 0 Å². The van der Waals surface area contributed by atoms with Crippen LogP contribution >= 0.6 is 23.2 Å². The van der Waals surface area contributed by atoms with Crippen LogP contribution in [0.25, 0.3) is 43.4 Å². The van der Waals surface area contributed by atoms with Crippen LogP contribution in [0.5, 0.6) is 0 Å². The first kappa shape index (κ1) is 21.9. The van der Waals surface area contributed by atoms with Crippen LogP contribution in [0.4, 0.5) is 0 Å². The van der Waals surface area contributed by atoms with Crippen molar-refractivity contribution < 1.29 is 4.79 Å². The van der Waals surface area contributed by atoms with Gasteiger partial charge in [0.05, 0.1) is 0 Å². The van der Waals surface area contributed by atoms with Crippen molar-refractivity contribution >= 4 is 61.3 Å². The van der Waals surface area contributed by atoms with E-state index in [0.29, 0.717) is 21.2 Å². The maximum Gasteiger partial charge on any atom is 0.194 e. The van der Waals surface area contributed by atoms with Crippen molar-refractivity contribution in [2.75, 3.05) is 0 Å². The molecule has 3 heteroatoms. The minimum absolute atomic E-state index is 0.0330. The number of carbonyl (C=O) groups excluding carboxylic acids is 1. The molecule has 0 saturated heterocycles. The van der Waals surface area contributed by atoms with Gasteiger partial charge in [0.15, 0.2) is 5.78 Å². The molecule has 0 bridgehead atoms. The number of hydrogen-bond acceptors (Lipinski definition) is 1. The third-order valence-corrected chi connectivity index (χ3v) is 7.21. The molecule has 0 aromatic heterocycles. The van der Waals surface area contributed by atoms with Crippen molar-refractivity contribution in [3.8, 4) is 11.1 Å². The van der Waals surface area contributed by atoms with E-state index in [0.717, 1.165) is 38.1 Å². The summed E-state index contributed by atoms with van der Waals surface area (Å²) in [5, 5.41) is 7.76. The van der Waals surface area contributed by atoms with Gasteiger partial charge in [-0.3, -0.25) is 4.79 Å². The lowest BCUT2D eigenvalue weighted by molar-refractivity contribution is 0.104. The summed E-state index contributed by atoms with van der Waals surface area (Å²) < 4.78 is 0. The van der Waals surface area contributed by atoms with Gasteiger partial charge in [0.2, 0.25) is 0 Å². The summed E-state index contributed by atoms with van der Waals surface area (Å²) in [4.78, 5) is 14.2. The van der Waals surface area contributed by atoms with Crippen molar-refractivity contribution in [2.45, 2.75) is 6.92 Å². The molecule has 168 valence electrons. The molecular weight excluding hydrogens is 471 g/mol. The SMILES string of the molecule is Cc1cc2c3ccccc3c(C(=O)c3ccc(Cl)cc3)c(-c3ccc(Cl)cc3)c2c2ccccc12. The molecule has 0 N–H and O–H groups in total. The van der Waals surface area contributed by atoms with Gasteiger partial charge in [-0.2, -0.15) is 0 Å². The normalized spacial score (nSPS) is 11.4. The second kappa shape index (κ2) is 8.53. The Kier molecular flexibility index (Phi) is 5.33. The largest absolute Gasteiger partial charge is 0.289 e. The predicted molar refractivity (Wildman–Crippen MR) is 149 cm³/mol. The Bertz CT molecular complexity index is 1770. The lowest BCUT2D eigenvalue weighted by atomic mass is 9.82. The molecule has 0 atom stereocenters. The Morgan fingerprint density at radius 1 is 0.600 bits per heavy atom. The quantitative estimate of drug-likeness (QED) is 0.178. The minimum atomic E-state index is -0.0330. The number of benzene rings is 6. The molecule has 0 unspecified atom stereocenters. The first-order valence-electron chi connectivity index (χ1n) is 11.5. The fourth-order valence-corrected chi connectivity index (χ4v) is 5.37. The van der Waals surface area contributed by atoms with Crippen LogP contribution in [0.3, 0.4) is 0 Å². The van der Waals surface area contributed by atoms with Crippen molar-refractivity contribution in [2.24, 2.45) is 0 Å². The van der Waals surface area contributed by atoms with E-state index in [2.05, 4.69) is 43.3 Å². The molecule has 35 heavy (non-hydrogen) atoms. The molecule has 6 rings (SSSR count). The number of rotatable bonds is 3. The molecule has 6 aromatic rings. The lowest BCUT2D eigenvalue weighted by Crippen LogP contribution is -2.06. The third kappa shape index (κ3) is 3.60. The van der Waals surface area contributed by atoms with Crippen molar-refractivity contribution in [1.29, 1.82) is 0 Å². The van der Waals surface area contributed by atoms with E-state index >= 15 is 0 Å². The third-order valence-electron chi connectivity index (χ3n) is 6.70. The molecule has 0 spiro atoms. The summed E-state index contributed by atoms with van der Waals surface area (Å²) in [5.41, 5.74) is 4.37. The highest BCUT2D eigenvalue weighted by Gasteiger charge is 2.24. The van der Waals surface area contributed by atoms with Gasteiger partial charge in [-0.25, -0.2) is 0 Å². The zero-order valence-electron chi connectivity index (χ0n) is 19.0. The van der Waals surface area contributed by atoms with Crippen LogP contribution in [-0.2, 0) is 0 Å². The van der Waals surface area contributed by atoms with Crippen LogP contribution in [0.2, 0.25) is 10.0 Å². The average molecular weight is 491 g/mol. The number of ketones is 1. The molecule has 1 nitrogen and oxygen atoms in total. The fourth-order valence-electron chi connectivity index (χ4n) is 5.12. The predicted octanol–water partition coefficient (Wildman–Crippen LogP) is 9.66. The molecule has 0 amide bonds. The van der Waals surface area contributed by atoms with E-state index in [1.165, 1.54) is 10.9 Å². The molecule has 0 radical (unpaired) electrons. The van der Waals surface area contributed by atoms with Gasteiger partial charge in [0, 0.05) is 26.7 Å². The molecule has 0 saturated carbocycles. The van der Waals surface area contributed by atoms with Gasteiger partial charge in [-0.15, -0.1) is 0 Å². The zero-order chi connectivity index (χ0) is 24.1. The summed E-state index contributed by atoms with van der Waals surface area (Å²) in [5.74, 6) is -0.0330. The van der Waals surface area contributed by atoms with Crippen molar-refractivity contribution in [3.63, 3.8) is 0 Å². The zero-order valence-corrected chi connectivity index (χ0v) is 20.5. The lowest BCUT2D eigenvalue weighted by Gasteiger charge is -2.20. The standard InChI is InChI=1S/C32H20Cl2O/c1-19-18-28-25-7-3-5-9-27(25)31(32(35)21-12-16-23(34)17-13-21)29(20-10-14-22(33)15-11-20)30(28)26-8-4-2-6-24(19)26/h2-18H,1H3. The Morgan fingerprint density at radius 2 is 1.14 bits per heavy atom. The highest BCUT2D eigenvalue weighted by Crippen LogP contribution is 2.44. The van der Waals surface area contributed by atoms with Crippen LogP contribution in [0.15, 0.2) is 103 Å². The summed E-state index contributed by atoms with van der Waals surface area (Å²) in [6, 6.07) is 33.7. The number of halogens is 2. The Morgan fingerprint density at radius 3 is 1.80 bits per heavy atom. The molecule has 0 heterocycles. The molecule has 0 fully saturated rings. The highest BCUT2D eigenvalue weighted by atomic mass is 35.5. The Balaban J connectivity index is 1.87. The van der Waals surface area contributed by atoms with Gasteiger partial charge >= 0.3 is 0 Å². The molecular formula is C32H20Cl2O. The number of aryl methyl sites for hydroxylation is 1. The van der Waals surface area contributed by atoms with Gasteiger partial charge in [0.25, 0.3) is 0 Å². The van der Waals surface area contributed by atoms with Gasteiger partial charge in [0.1, 0.15) is 0 Å². The molecule has 6 aromatic carbocycles. The first-order chi connectivity index (χ1) is 17.0. The summed E-state index contributed by atoms with van der Waals surface area (Å²) in [6.07, 6.45) is 0. The van der Waals surface area contributed by atoms with Gasteiger partial charge < -0.3 is 0 Å². The summed E-state index contributed by atoms with van der Waals surface area (Å²) in [6.45, 7) is 2.14. The Hall–Kier alpha value is -3.65. The number of hydrogen-bond donors (Lipinski definition) is 0. The van der Waals surface area contributed by atoms with E-state index in [-0.39, 0.29) is 5.78 Å².